The third-order valence-electron chi connectivity index (χ3n) is 2.99. The zero-order valence-electron chi connectivity index (χ0n) is 12.3. The van der Waals surface area contributed by atoms with Gasteiger partial charge < -0.3 is 10.1 Å². The minimum absolute atomic E-state index is 0.141. The van der Waals surface area contributed by atoms with Crippen LogP contribution < -0.4 is 5.32 Å². The molecule has 1 atom stereocenters. The van der Waals surface area contributed by atoms with E-state index in [1.54, 1.807) is 0 Å². The van der Waals surface area contributed by atoms with Crippen molar-refractivity contribution < 1.29 is 4.74 Å². The Labute approximate surface area is 126 Å². The molecule has 108 valence electrons. The zero-order valence-corrected chi connectivity index (χ0v) is 13.9. The maximum Gasteiger partial charge on any atom is 0.0949 e. The minimum atomic E-state index is 0.141. The summed E-state index contributed by atoms with van der Waals surface area (Å²) < 4.78 is 7.17. The number of rotatable bonds is 9. The van der Waals surface area contributed by atoms with E-state index in [9.17, 15) is 0 Å². The topological polar surface area (TPSA) is 21.3 Å². The first-order valence-corrected chi connectivity index (χ1v) is 8.00. The highest BCUT2D eigenvalue weighted by molar-refractivity contribution is 9.10. The normalized spacial score (nSPS) is 12.9. The highest BCUT2D eigenvalue weighted by Gasteiger charge is 2.12. The van der Waals surface area contributed by atoms with Gasteiger partial charge in [0.2, 0.25) is 0 Å². The fourth-order valence-electron chi connectivity index (χ4n) is 1.84. The van der Waals surface area contributed by atoms with E-state index in [-0.39, 0.29) is 6.10 Å². The Bertz CT molecular complexity index is 354. The summed E-state index contributed by atoms with van der Waals surface area (Å²) in [6, 6.07) is 8.40. The summed E-state index contributed by atoms with van der Waals surface area (Å²) in [5.74, 6) is 0.687. The Morgan fingerprint density at radius 2 is 2.11 bits per heavy atom. The lowest BCUT2D eigenvalue weighted by molar-refractivity contribution is 0.0459. The van der Waals surface area contributed by atoms with Crippen LogP contribution in [0.3, 0.4) is 0 Å². The second-order valence-corrected chi connectivity index (χ2v) is 6.22. The molecule has 19 heavy (non-hydrogen) atoms. The molecule has 2 nitrogen and oxygen atoms in total. The van der Waals surface area contributed by atoms with E-state index >= 15 is 0 Å². The molecule has 1 aromatic rings. The van der Waals surface area contributed by atoms with Crippen molar-refractivity contribution in [2.24, 2.45) is 5.92 Å². The quantitative estimate of drug-likeness (QED) is 0.671. The van der Waals surface area contributed by atoms with Gasteiger partial charge in [-0.3, -0.25) is 0 Å². The standard InChI is InChI=1S/C16H26BrNO/c1-4-9-18-12-16(19-10-8-13(2)3)14-6-5-7-15(17)11-14/h5-7,11,13,16,18H,4,8-10,12H2,1-3H3. The summed E-state index contributed by atoms with van der Waals surface area (Å²) in [6.45, 7) is 9.38. The van der Waals surface area contributed by atoms with Crippen LogP contribution >= 0.6 is 15.9 Å². The summed E-state index contributed by atoms with van der Waals surface area (Å²) >= 11 is 3.53. The van der Waals surface area contributed by atoms with Crippen LogP contribution in [0.15, 0.2) is 28.7 Å². The highest BCUT2D eigenvalue weighted by atomic mass is 79.9. The van der Waals surface area contributed by atoms with Crippen molar-refractivity contribution in [3.05, 3.63) is 34.3 Å². The van der Waals surface area contributed by atoms with Crippen LogP contribution in [0.1, 0.15) is 45.3 Å². The van der Waals surface area contributed by atoms with Crippen molar-refractivity contribution >= 4 is 15.9 Å². The number of nitrogens with one attached hydrogen (secondary N) is 1. The SMILES string of the molecule is CCCNCC(OCCC(C)C)c1cccc(Br)c1. The van der Waals surface area contributed by atoms with Gasteiger partial charge in [0.05, 0.1) is 6.10 Å². The van der Waals surface area contributed by atoms with Crippen molar-refractivity contribution in [3.63, 3.8) is 0 Å². The lowest BCUT2D eigenvalue weighted by Gasteiger charge is -2.20. The zero-order chi connectivity index (χ0) is 14.1. The second kappa shape index (κ2) is 9.51. The number of halogens is 1. The Morgan fingerprint density at radius 1 is 1.32 bits per heavy atom. The lowest BCUT2D eigenvalue weighted by atomic mass is 10.1. The van der Waals surface area contributed by atoms with Gasteiger partial charge in [0, 0.05) is 17.6 Å². The van der Waals surface area contributed by atoms with E-state index in [0.29, 0.717) is 5.92 Å². The van der Waals surface area contributed by atoms with Gasteiger partial charge in [0.15, 0.2) is 0 Å². The van der Waals surface area contributed by atoms with Crippen LogP contribution in [0.2, 0.25) is 0 Å². The van der Waals surface area contributed by atoms with Crippen LogP contribution in [0.25, 0.3) is 0 Å². The predicted octanol–water partition coefficient (Wildman–Crippen LogP) is 4.55. The van der Waals surface area contributed by atoms with Gasteiger partial charge in [-0.05, 0) is 43.0 Å². The second-order valence-electron chi connectivity index (χ2n) is 5.30. The van der Waals surface area contributed by atoms with Gasteiger partial charge >= 0.3 is 0 Å². The first-order valence-electron chi connectivity index (χ1n) is 7.21. The van der Waals surface area contributed by atoms with Gasteiger partial charge in [-0.2, -0.15) is 0 Å². The molecule has 0 aliphatic carbocycles. The van der Waals surface area contributed by atoms with Crippen LogP contribution in [0, 0.1) is 5.92 Å². The molecule has 0 fully saturated rings. The molecule has 1 rings (SSSR count). The maximum absolute atomic E-state index is 6.06. The van der Waals surface area contributed by atoms with Gasteiger partial charge in [0.1, 0.15) is 0 Å². The largest absolute Gasteiger partial charge is 0.372 e. The third-order valence-corrected chi connectivity index (χ3v) is 3.48. The summed E-state index contributed by atoms with van der Waals surface area (Å²) in [4.78, 5) is 0. The maximum atomic E-state index is 6.06. The third kappa shape index (κ3) is 7.09. The van der Waals surface area contributed by atoms with Gasteiger partial charge in [0.25, 0.3) is 0 Å². The Hall–Kier alpha value is -0.380. The van der Waals surface area contributed by atoms with Crippen molar-refractivity contribution in [1.29, 1.82) is 0 Å². The molecule has 0 aliphatic rings. The van der Waals surface area contributed by atoms with Crippen molar-refractivity contribution in [2.75, 3.05) is 19.7 Å². The summed E-state index contributed by atoms with van der Waals surface area (Å²) in [5.41, 5.74) is 1.24. The molecule has 1 aromatic carbocycles. The Morgan fingerprint density at radius 3 is 2.74 bits per heavy atom. The Balaban J connectivity index is 2.57. The molecule has 0 saturated carbocycles. The van der Waals surface area contributed by atoms with Crippen LogP contribution in [-0.4, -0.2) is 19.7 Å². The number of hydrogen-bond acceptors (Lipinski definition) is 2. The number of ether oxygens (including phenoxy) is 1. The van der Waals surface area contributed by atoms with E-state index in [2.05, 4.69) is 60.2 Å². The molecule has 0 aliphatic heterocycles. The molecule has 3 heteroatoms. The van der Waals surface area contributed by atoms with Crippen LogP contribution in [0.4, 0.5) is 0 Å². The molecular weight excluding hydrogens is 302 g/mol. The molecular formula is C16H26BrNO. The smallest absolute Gasteiger partial charge is 0.0949 e. The predicted molar refractivity (Wildman–Crippen MR) is 85.5 cm³/mol. The van der Waals surface area contributed by atoms with E-state index < -0.39 is 0 Å². The number of hydrogen-bond donors (Lipinski definition) is 1. The van der Waals surface area contributed by atoms with Gasteiger partial charge in [-0.25, -0.2) is 0 Å². The van der Waals surface area contributed by atoms with Crippen LogP contribution in [0.5, 0.6) is 0 Å². The van der Waals surface area contributed by atoms with Crippen LogP contribution in [-0.2, 0) is 4.74 Å². The monoisotopic (exact) mass is 327 g/mol. The van der Waals surface area contributed by atoms with Crippen molar-refractivity contribution in [3.8, 4) is 0 Å². The van der Waals surface area contributed by atoms with E-state index in [0.717, 1.165) is 37.0 Å². The average molecular weight is 328 g/mol. The number of benzene rings is 1. The molecule has 0 spiro atoms. The van der Waals surface area contributed by atoms with Crippen molar-refractivity contribution in [1.82, 2.24) is 5.32 Å². The molecule has 0 aromatic heterocycles. The molecule has 0 radical (unpaired) electrons. The van der Waals surface area contributed by atoms with Gasteiger partial charge in [-0.15, -0.1) is 0 Å². The summed E-state index contributed by atoms with van der Waals surface area (Å²) in [6.07, 6.45) is 2.40. The van der Waals surface area contributed by atoms with E-state index in [1.165, 1.54) is 5.56 Å². The first-order chi connectivity index (χ1) is 9.13. The molecule has 0 saturated heterocycles. The first kappa shape index (κ1) is 16.7. The highest BCUT2D eigenvalue weighted by Crippen LogP contribution is 2.21. The van der Waals surface area contributed by atoms with E-state index in [4.69, 9.17) is 4.74 Å². The fourth-order valence-corrected chi connectivity index (χ4v) is 2.25. The summed E-state index contributed by atoms with van der Waals surface area (Å²) in [5, 5.41) is 3.45. The van der Waals surface area contributed by atoms with Gasteiger partial charge in [-0.1, -0.05) is 48.8 Å². The molecule has 0 heterocycles. The average Bonchev–Trinajstić information content (AvgIpc) is 2.37. The molecule has 1 unspecified atom stereocenters. The molecule has 0 amide bonds. The fraction of sp³-hybridized carbons (Fsp3) is 0.625. The minimum Gasteiger partial charge on any atom is -0.372 e. The molecule has 1 N–H and O–H groups in total. The lowest BCUT2D eigenvalue weighted by Crippen LogP contribution is -2.24. The molecule has 0 bridgehead atoms. The van der Waals surface area contributed by atoms with E-state index in [1.807, 2.05) is 6.07 Å². The van der Waals surface area contributed by atoms with Crippen molar-refractivity contribution in [2.45, 2.75) is 39.7 Å². The summed E-state index contributed by atoms with van der Waals surface area (Å²) in [7, 11) is 0. The Kier molecular flexibility index (Phi) is 8.35.